The van der Waals surface area contributed by atoms with Gasteiger partial charge in [-0.2, -0.15) is 0 Å². The van der Waals surface area contributed by atoms with Crippen LogP contribution in [0.4, 0.5) is 0 Å². The van der Waals surface area contributed by atoms with Crippen molar-refractivity contribution < 1.29 is 0 Å². The van der Waals surface area contributed by atoms with E-state index in [1.54, 1.807) is 5.57 Å². The van der Waals surface area contributed by atoms with Gasteiger partial charge in [-0.05, 0) is 99.3 Å². The van der Waals surface area contributed by atoms with Gasteiger partial charge in [0.25, 0.3) is 0 Å². The van der Waals surface area contributed by atoms with E-state index < -0.39 is 0 Å². The lowest BCUT2D eigenvalue weighted by atomic mass is 9.44. The van der Waals surface area contributed by atoms with Crippen LogP contribution in [-0.2, 0) is 0 Å². The van der Waals surface area contributed by atoms with E-state index in [9.17, 15) is 0 Å². The van der Waals surface area contributed by atoms with Crippen LogP contribution < -0.4 is 5.32 Å². The summed E-state index contributed by atoms with van der Waals surface area (Å²) in [5.74, 6) is 3.98. The molecular weight excluding hydrogens is 278 g/mol. The van der Waals surface area contributed by atoms with Crippen molar-refractivity contribution in [3.63, 3.8) is 0 Å². The summed E-state index contributed by atoms with van der Waals surface area (Å²) < 4.78 is 0. The normalized spacial score (nSPS) is 52.3. The van der Waals surface area contributed by atoms with Crippen molar-refractivity contribution in [2.24, 2.45) is 34.5 Å². The van der Waals surface area contributed by atoms with E-state index in [2.05, 4.69) is 39.2 Å². The first-order chi connectivity index (χ1) is 11.0. The zero-order chi connectivity index (χ0) is 16.2. The van der Waals surface area contributed by atoms with Crippen LogP contribution >= 0.6 is 0 Å². The molecule has 0 spiro atoms. The lowest BCUT2D eigenvalue weighted by molar-refractivity contribution is -0.103. The molecular formula is C22H37N. The molecule has 0 heterocycles. The second kappa shape index (κ2) is 5.61. The summed E-state index contributed by atoms with van der Waals surface area (Å²) in [6, 6.07) is 0.790. The summed E-state index contributed by atoms with van der Waals surface area (Å²) in [4.78, 5) is 0. The quantitative estimate of drug-likeness (QED) is 0.657. The molecule has 0 amide bonds. The van der Waals surface area contributed by atoms with Crippen molar-refractivity contribution >= 4 is 0 Å². The molecule has 0 aromatic carbocycles. The molecule has 0 saturated heterocycles. The number of allylic oxidation sites excluding steroid dienone is 2. The highest BCUT2D eigenvalue weighted by Gasteiger charge is 2.58. The third-order valence-corrected chi connectivity index (χ3v) is 9.20. The smallest absolute Gasteiger partial charge is 0.00671 e. The predicted molar refractivity (Wildman–Crippen MR) is 98.3 cm³/mol. The highest BCUT2D eigenvalue weighted by Crippen LogP contribution is 2.66. The first kappa shape index (κ1) is 16.2. The Kier molecular flexibility index (Phi) is 3.95. The second-order valence-electron chi connectivity index (χ2n) is 9.69. The van der Waals surface area contributed by atoms with Crippen LogP contribution in [0.2, 0.25) is 0 Å². The number of rotatable bonds is 2. The van der Waals surface area contributed by atoms with E-state index in [0.29, 0.717) is 10.8 Å². The van der Waals surface area contributed by atoms with Crippen LogP contribution in [0.25, 0.3) is 0 Å². The molecule has 7 unspecified atom stereocenters. The van der Waals surface area contributed by atoms with Crippen molar-refractivity contribution in [3.8, 4) is 0 Å². The molecule has 7 atom stereocenters. The molecule has 0 aromatic heterocycles. The second-order valence-corrected chi connectivity index (χ2v) is 9.69. The highest BCUT2D eigenvalue weighted by atomic mass is 14.9. The van der Waals surface area contributed by atoms with E-state index in [-0.39, 0.29) is 0 Å². The van der Waals surface area contributed by atoms with Gasteiger partial charge in [-0.1, -0.05) is 32.4 Å². The van der Waals surface area contributed by atoms with Gasteiger partial charge in [0, 0.05) is 6.04 Å². The fourth-order valence-electron chi connectivity index (χ4n) is 7.72. The van der Waals surface area contributed by atoms with Crippen molar-refractivity contribution in [1.82, 2.24) is 5.32 Å². The van der Waals surface area contributed by atoms with Crippen LogP contribution in [0.3, 0.4) is 0 Å². The molecule has 1 nitrogen and oxygen atoms in total. The first-order valence-electron chi connectivity index (χ1n) is 10.4. The van der Waals surface area contributed by atoms with Gasteiger partial charge in [0.15, 0.2) is 0 Å². The zero-order valence-electron chi connectivity index (χ0n) is 15.8. The van der Waals surface area contributed by atoms with E-state index in [1.807, 2.05) is 0 Å². The number of hydrogen-bond donors (Lipinski definition) is 1. The molecule has 1 N–H and O–H groups in total. The summed E-state index contributed by atoms with van der Waals surface area (Å²) in [6.45, 7) is 7.68. The molecule has 23 heavy (non-hydrogen) atoms. The number of hydrogen-bond acceptors (Lipinski definition) is 1. The molecule has 4 rings (SSSR count). The third kappa shape index (κ3) is 2.21. The maximum absolute atomic E-state index is 3.57. The largest absolute Gasteiger partial charge is 0.317 e. The summed E-state index contributed by atoms with van der Waals surface area (Å²) >= 11 is 0. The van der Waals surface area contributed by atoms with Crippen molar-refractivity contribution in [1.29, 1.82) is 0 Å². The lowest BCUT2D eigenvalue weighted by Crippen LogP contribution is -2.54. The molecule has 1 heteroatoms. The first-order valence-corrected chi connectivity index (χ1v) is 10.4. The summed E-state index contributed by atoms with van der Waals surface area (Å²) in [7, 11) is 2.17. The minimum atomic E-state index is 0.557. The van der Waals surface area contributed by atoms with E-state index >= 15 is 0 Å². The maximum Gasteiger partial charge on any atom is 0.00671 e. The Hall–Kier alpha value is -0.300. The molecule has 130 valence electrons. The Balaban J connectivity index is 1.58. The standard InChI is InChI=1S/C22H37N/c1-5-15-7-9-19-18-8-6-16-14-17(23-4)10-12-22(16,3)20(18)11-13-21(15,19)2/h7,16-20,23H,5-6,8-14H2,1-4H3. The van der Waals surface area contributed by atoms with Crippen molar-refractivity contribution in [3.05, 3.63) is 11.6 Å². The molecule has 0 aliphatic heterocycles. The molecule has 0 aromatic rings. The number of fused-ring (bicyclic) bond motifs is 5. The molecule has 0 radical (unpaired) electrons. The van der Waals surface area contributed by atoms with Crippen molar-refractivity contribution in [2.75, 3.05) is 7.05 Å². The molecule has 4 aliphatic rings. The van der Waals surface area contributed by atoms with E-state index in [4.69, 9.17) is 0 Å². The van der Waals surface area contributed by atoms with Gasteiger partial charge in [0.2, 0.25) is 0 Å². The number of nitrogens with one attached hydrogen (secondary N) is 1. The van der Waals surface area contributed by atoms with Crippen LogP contribution in [0.5, 0.6) is 0 Å². The molecule has 0 bridgehead atoms. The Bertz CT molecular complexity index is 494. The molecule has 4 aliphatic carbocycles. The van der Waals surface area contributed by atoms with Crippen LogP contribution in [0.15, 0.2) is 11.6 Å². The van der Waals surface area contributed by atoms with E-state index in [1.165, 1.54) is 57.8 Å². The lowest BCUT2D eigenvalue weighted by Gasteiger charge is -2.61. The summed E-state index contributed by atoms with van der Waals surface area (Å²) in [5, 5.41) is 3.57. The zero-order valence-corrected chi connectivity index (χ0v) is 15.8. The predicted octanol–water partition coefficient (Wildman–Crippen LogP) is 5.56. The topological polar surface area (TPSA) is 12.0 Å². The Morgan fingerprint density at radius 3 is 2.65 bits per heavy atom. The fourth-order valence-corrected chi connectivity index (χ4v) is 7.72. The summed E-state index contributed by atoms with van der Waals surface area (Å²) in [6.07, 6.45) is 15.6. The molecule has 3 saturated carbocycles. The Labute approximate surface area is 143 Å². The average molecular weight is 316 g/mol. The monoisotopic (exact) mass is 315 g/mol. The Morgan fingerprint density at radius 2 is 1.91 bits per heavy atom. The van der Waals surface area contributed by atoms with Gasteiger partial charge in [-0.25, -0.2) is 0 Å². The fraction of sp³-hybridized carbons (Fsp3) is 0.909. The minimum Gasteiger partial charge on any atom is -0.317 e. The van der Waals surface area contributed by atoms with Gasteiger partial charge < -0.3 is 5.32 Å². The average Bonchev–Trinajstić information content (AvgIpc) is 2.90. The highest BCUT2D eigenvalue weighted by molar-refractivity contribution is 5.25. The SMILES string of the molecule is CCC1=CCC2C3CCC4CC(NC)CCC4(C)C3CCC12C. The summed E-state index contributed by atoms with van der Waals surface area (Å²) in [5.41, 5.74) is 3.00. The van der Waals surface area contributed by atoms with Gasteiger partial charge in [0.1, 0.15) is 0 Å². The van der Waals surface area contributed by atoms with Crippen LogP contribution in [-0.4, -0.2) is 13.1 Å². The van der Waals surface area contributed by atoms with Crippen molar-refractivity contribution in [2.45, 2.75) is 84.6 Å². The third-order valence-electron chi connectivity index (χ3n) is 9.20. The van der Waals surface area contributed by atoms with Gasteiger partial charge >= 0.3 is 0 Å². The van der Waals surface area contributed by atoms with E-state index in [0.717, 1.165) is 29.7 Å². The van der Waals surface area contributed by atoms with Gasteiger partial charge in [-0.15, -0.1) is 0 Å². The minimum absolute atomic E-state index is 0.557. The van der Waals surface area contributed by atoms with Crippen LogP contribution in [0.1, 0.15) is 78.6 Å². The molecule has 3 fully saturated rings. The van der Waals surface area contributed by atoms with Crippen LogP contribution in [0, 0.1) is 34.5 Å². The van der Waals surface area contributed by atoms with Gasteiger partial charge in [0.05, 0.1) is 0 Å². The maximum atomic E-state index is 3.57. The Morgan fingerprint density at radius 1 is 1.09 bits per heavy atom. The van der Waals surface area contributed by atoms with Gasteiger partial charge in [-0.3, -0.25) is 0 Å².